The second kappa shape index (κ2) is 10.5. The van der Waals surface area contributed by atoms with Gasteiger partial charge < -0.3 is 14.6 Å². The van der Waals surface area contributed by atoms with Gasteiger partial charge in [-0.1, -0.05) is 12.1 Å². The molecule has 4 aromatic rings. The number of aromatic nitrogens is 4. The number of sulfonamides is 1. The number of thiazole rings is 1. The highest BCUT2D eigenvalue weighted by molar-refractivity contribution is 7.91. The lowest BCUT2D eigenvalue weighted by molar-refractivity contribution is 0.0949. The van der Waals surface area contributed by atoms with Gasteiger partial charge in [0.1, 0.15) is 27.4 Å². The summed E-state index contributed by atoms with van der Waals surface area (Å²) in [5, 5.41) is 22.4. The first-order chi connectivity index (χ1) is 18.7. The van der Waals surface area contributed by atoms with Crippen molar-refractivity contribution in [2.24, 2.45) is 7.05 Å². The monoisotopic (exact) mass is 565 g/mol. The van der Waals surface area contributed by atoms with Gasteiger partial charge in [0.15, 0.2) is 0 Å². The van der Waals surface area contributed by atoms with Crippen molar-refractivity contribution in [3.63, 3.8) is 0 Å². The number of benzene rings is 1. The van der Waals surface area contributed by atoms with Crippen molar-refractivity contribution in [3.8, 4) is 11.9 Å². The molecule has 1 aliphatic carbocycles. The summed E-state index contributed by atoms with van der Waals surface area (Å²) in [5.41, 5.74) is 0.903. The van der Waals surface area contributed by atoms with Crippen LogP contribution in [0.4, 0.5) is 0 Å². The minimum absolute atomic E-state index is 0.00182. The van der Waals surface area contributed by atoms with Crippen LogP contribution in [-0.4, -0.2) is 45.4 Å². The number of carbonyl (C=O) groups is 1. The van der Waals surface area contributed by atoms with E-state index < -0.39 is 26.2 Å². The van der Waals surface area contributed by atoms with E-state index in [1.807, 2.05) is 6.07 Å². The molecule has 0 saturated heterocycles. The molecule has 0 aliphatic heterocycles. The van der Waals surface area contributed by atoms with Crippen molar-refractivity contribution in [1.82, 2.24) is 29.8 Å². The maximum atomic E-state index is 13.1. The standard InChI is InChI=1S/C25H23N7O5S2/c1-32-21-18(10-19(24(32)34)22(33)28-12-17-4-2-16(11-26)3-5-17)13-29-31-23(21)37-15-25(6-7-25)39(35,36)30-14-20-27-8-9-38-20/h2-5,8-10,13,30H,6-7,12,14-15H2,1H3,(H,28,33). The van der Waals surface area contributed by atoms with E-state index in [9.17, 15) is 18.0 Å². The van der Waals surface area contributed by atoms with Gasteiger partial charge in [-0.15, -0.1) is 16.4 Å². The van der Waals surface area contributed by atoms with Gasteiger partial charge in [-0.25, -0.2) is 18.1 Å². The molecule has 200 valence electrons. The van der Waals surface area contributed by atoms with Crippen molar-refractivity contribution >= 4 is 38.2 Å². The van der Waals surface area contributed by atoms with Gasteiger partial charge in [-0.3, -0.25) is 9.59 Å². The molecule has 0 spiro atoms. The first-order valence-corrected chi connectivity index (χ1v) is 14.2. The normalized spacial score (nSPS) is 14.1. The SMILES string of the molecule is Cn1c(=O)c(C(=O)NCc2ccc(C#N)cc2)cc2cnnc(OCC3(S(=O)(=O)NCc4nccs4)CC3)c21. The van der Waals surface area contributed by atoms with E-state index >= 15 is 0 Å². The average molecular weight is 566 g/mol. The molecule has 2 N–H and O–H groups in total. The number of carbonyl (C=O) groups excluding carboxylic acids is 1. The van der Waals surface area contributed by atoms with E-state index in [0.29, 0.717) is 34.3 Å². The fourth-order valence-electron chi connectivity index (χ4n) is 4.03. The van der Waals surface area contributed by atoms with Crippen molar-refractivity contribution in [2.45, 2.75) is 30.7 Å². The van der Waals surface area contributed by atoms with Crippen LogP contribution in [0, 0.1) is 11.3 Å². The first kappa shape index (κ1) is 26.4. The van der Waals surface area contributed by atoms with Gasteiger partial charge >= 0.3 is 0 Å². The second-order valence-corrected chi connectivity index (χ2v) is 12.2. The predicted octanol–water partition coefficient (Wildman–Crippen LogP) is 1.62. The fourth-order valence-corrected chi connectivity index (χ4v) is 6.17. The number of nitrogens with one attached hydrogen (secondary N) is 2. The highest BCUT2D eigenvalue weighted by atomic mass is 32.2. The van der Waals surface area contributed by atoms with Crippen LogP contribution >= 0.6 is 11.3 Å². The predicted molar refractivity (Wildman–Crippen MR) is 142 cm³/mol. The summed E-state index contributed by atoms with van der Waals surface area (Å²) in [6.07, 6.45) is 3.85. The molecule has 5 rings (SSSR count). The third kappa shape index (κ3) is 5.37. The van der Waals surface area contributed by atoms with Gasteiger partial charge in [0.25, 0.3) is 17.3 Å². The Labute approximate surface area is 227 Å². The molecule has 12 nitrogen and oxygen atoms in total. The fraction of sp³-hybridized carbons (Fsp3) is 0.280. The molecule has 1 saturated carbocycles. The Morgan fingerprint density at radius 3 is 2.69 bits per heavy atom. The molecule has 39 heavy (non-hydrogen) atoms. The highest BCUT2D eigenvalue weighted by Crippen LogP contribution is 2.43. The Balaban J connectivity index is 1.32. The van der Waals surface area contributed by atoms with Crippen LogP contribution in [0.1, 0.15) is 39.3 Å². The number of aryl methyl sites for hydroxylation is 1. The van der Waals surface area contributed by atoms with E-state index in [2.05, 4.69) is 25.2 Å². The number of pyridine rings is 1. The minimum Gasteiger partial charge on any atom is -0.473 e. The molecule has 0 bridgehead atoms. The van der Waals surface area contributed by atoms with Gasteiger partial charge in [-0.05, 0) is 36.6 Å². The summed E-state index contributed by atoms with van der Waals surface area (Å²) >= 11 is 1.36. The van der Waals surface area contributed by atoms with Gasteiger partial charge in [0.05, 0.1) is 24.4 Å². The van der Waals surface area contributed by atoms with Crippen LogP contribution in [0.2, 0.25) is 0 Å². The summed E-state index contributed by atoms with van der Waals surface area (Å²) in [6, 6.07) is 10.2. The van der Waals surface area contributed by atoms with Gasteiger partial charge in [0.2, 0.25) is 10.0 Å². The second-order valence-electron chi connectivity index (χ2n) is 9.09. The lowest BCUT2D eigenvalue weighted by Gasteiger charge is -2.18. The van der Waals surface area contributed by atoms with Crippen LogP contribution in [0.5, 0.6) is 5.88 Å². The maximum absolute atomic E-state index is 13.1. The molecule has 0 unspecified atom stereocenters. The minimum atomic E-state index is -3.71. The van der Waals surface area contributed by atoms with Crippen LogP contribution in [0.15, 0.2) is 52.9 Å². The van der Waals surface area contributed by atoms with E-state index in [1.165, 1.54) is 35.2 Å². The summed E-state index contributed by atoms with van der Waals surface area (Å²) < 4.78 is 34.5. The number of amides is 1. The smallest absolute Gasteiger partial charge is 0.263 e. The third-order valence-electron chi connectivity index (χ3n) is 6.52. The molecule has 3 heterocycles. The van der Waals surface area contributed by atoms with Crippen LogP contribution in [-0.2, 0) is 30.2 Å². The number of nitriles is 1. The Bertz CT molecular complexity index is 1740. The highest BCUT2D eigenvalue weighted by Gasteiger charge is 2.55. The van der Waals surface area contributed by atoms with Crippen molar-refractivity contribution in [3.05, 3.63) is 80.2 Å². The molecular formula is C25H23N7O5S2. The van der Waals surface area contributed by atoms with Crippen molar-refractivity contribution in [1.29, 1.82) is 5.26 Å². The molecule has 0 atom stereocenters. The average Bonchev–Trinajstić information content (AvgIpc) is 3.57. The number of hydrogen-bond acceptors (Lipinski definition) is 10. The van der Waals surface area contributed by atoms with E-state index in [4.69, 9.17) is 10.00 Å². The van der Waals surface area contributed by atoms with E-state index in [1.54, 1.807) is 35.8 Å². The zero-order chi connectivity index (χ0) is 27.6. The molecular weight excluding hydrogens is 542 g/mol. The summed E-state index contributed by atoms with van der Waals surface area (Å²) in [4.78, 5) is 30.0. The first-order valence-electron chi connectivity index (χ1n) is 11.9. The number of hydrogen-bond donors (Lipinski definition) is 2. The molecule has 14 heteroatoms. The molecule has 1 amide bonds. The molecule has 1 aliphatic rings. The van der Waals surface area contributed by atoms with Gasteiger partial charge in [-0.2, -0.15) is 10.4 Å². The van der Waals surface area contributed by atoms with Crippen LogP contribution < -0.4 is 20.3 Å². The Kier molecular flexibility index (Phi) is 7.13. The Morgan fingerprint density at radius 1 is 1.26 bits per heavy atom. The van der Waals surface area contributed by atoms with E-state index in [0.717, 1.165) is 5.56 Å². The maximum Gasteiger partial charge on any atom is 0.263 e. The largest absolute Gasteiger partial charge is 0.473 e. The number of fused-ring (bicyclic) bond motifs is 1. The van der Waals surface area contributed by atoms with E-state index in [-0.39, 0.29) is 31.1 Å². The Hall–Kier alpha value is -4.19. The number of rotatable bonds is 10. The summed E-state index contributed by atoms with van der Waals surface area (Å²) in [5.74, 6) is -0.575. The van der Waals surface area contributed by atoms with Crippen molar-refractivity contribution < 1.29 is 17.9 Å². The third-order valence-corrected chi connectivity index (χ3v) is 9.49. The van der Waals surface area contributed by atoms with Crippen molar-refractivity contribution in [2.75, 3.05) is 6.61 Å². The number of nitrogens with zero attached hydrogens (tertiary/aromatic N) is 5. The zero-order valence-electron chi connectivity index (χ0n) is 20.7. The van der Waals surface area contributed by atoms with Crippen LogP contribution in [0.3, 0.4) is 0 Å². The van der Waals surface area contributed by atoms with Crippen LogP contribution in [0.25, 0.3) is 10.9 Å². The Morgan fingerprint density at radius 2 is 2.03 bits per heavy atom. The van der Waals surface area contributed by atoms with Gasteiger partial charge in [0, 0.05) is 30.6 Å². The molecule has 1 aromatic carbocycles. The quantitative estimate of drug-likeness (QED) is 0.290. The number of ether oxygens (including phenoxy) is 1. The topological polar surface area (TPSA) is 169 Å². The lowest BCUT2D eigenvalue weighted by atomic mass is 10.1. The molecule has 1 fully saturated rings. The summed E-state index contributed by atoms with van der Waals surface area (Å²) in [7, 11) is -2.23. The lowest BCUT2D eigenvalue weighted by Crippen LogP contribution is -2.39. The molecule has 0 radical (unpaired) electrons. The summed E-state index contributed by atoms with van der Waals surface area (Å²) in [6.45, 7) is 0.0944. The zero-order valence-corrected chi connectivity index (χ0v) is 22.4. The molecule has 3 aromatic heterocycles.